The van der Waals surface area contributed by atoms with Crippen molar-refractivity contribution in [3.05, 3.63) is 0 Å². The van der Waals surface area contributed by atoms with Gasteiger partial charge in [0.15, 0.2) is 5.96 Å². The Bertz CT molecular complexity index is 386. The van der Waals surface area contributed by atoms with Gasteiger partial charge in [-0.25, -0.2) is 0 Å². The van der Waals surface area contributed by atoms with Crippen molar-refractivity contribution in [2.75, 3.05) is 46.3 Å². The first-order valence-electron chi connectivity index (χ1n) is 9.17. The zero-order valence-electron chi connectivity index (χ0n) is 14.7. The second-order valence-electron chi connectivity index (χ2n) is 6.79. The Hall–Kier alpha value is -1.30. The third kappa shape index (κ3) is 7.20. The number of likely N-dealkylation sites (tertiary alicyclic amines) is 1. The van der Waals surface area contributed by atoms with Crippen LogP contribution in [0.3, 0.4) is 0 Å². The van der Waals surface area contributed by atoms with Crippen LogP contribution in [0.1, 0.15) is 39.0 Å². The Morgan fingerprint density at radius 2 is 1.78 bits per heavy atom. The van der Waals surface area contributed by atoms with Gasteiger partial charge in [0.1, 0.15) is 0 Å². The number of piperidine rings is 1. The Morgan fingerprint density at radius 1 is 1.09 bits per heavy atom. The van der Waals surface area contributed by atoms with Crippen molar-refractivity contribution in [3.63, 3.8) is 0 Å². The van der Waals surface area contributed by atoms with Crippen LogP contribution in [-0.4, -0.2) is 63.1 Å². The highest BCUT2D eigenvalue weighted by molar-refractivity contribution is 5.81. The second-order valence-corrected chi connectivity index (χ2v) is 6.79. The van der Waals surface area contributed by atoms with Gasteiger partial charge in [0.05, 0.1) is 0 Å². The van der Waals surface area contributed by atoms with E-state index in [1.165, 1.54) is 32.4 Å². The standard InChI is InChI=1S/C17H33N5O/c1-3-18-17(21-11-10-19-16(23)15-4-5-15)20-9-6-14-7-12-22(2)13-8-14/h14-15H,3-13H2,1-2H3,(H,19,23)(H2,18,20,21). The third-order valence-electron chi connectivity index (χ3n) is 4.65. The number of nitrogens with one attached hydrogen (secondary N) is 3. The zero-order chi connectivity index (χ0) is 16.5. The number of guanidine groups is 1. The van der Waals surface area contributed by atoms with Crippen LogP contribution in [-0.2, 0) is 4.79 Å². The molecule has 6 nitrogen and oxygen atoms in total. The fraction of sp³-hybridized carbons (Fsp3) is 0.882. The Labute approximate surface area is 140 Å². The highest BCUT2D eigenvalue weighted by Gasteiger charge is 2.28. The number of nitrogens with zero attached hydrogens (tertiary/aromatic N) is 2. The molecule has 2 rings (SSSR count). The molecule has 0 aromatic heterocycles. The predicted octanol–water partition coefficient (Wildman–Crippen LogP) is 0.800. The SMILES string of the molecule is CCNC(=NCCC1CCN(C)CC1)NCCNC(=O)C1CC1. The van der Waals surface area contributed by atoms with E-state index in [2.05, 4.69) is 39.8 Å². The number of hydrogen-bond donors (Lipinski definition) is 3. The smallest absolute Gasteiger partial charge is 0.223 e. The molecule has 1 saturated carbocycles. The molecule has 1 aliphatic heterocycles. The molecule has 1 aliphatic carbocycles. The average Bonchev–Trinajstić information content (AvgIpc) is 3.38. The highest BCUT2D eigenvalue weighted by atomic mass is 16.2. The summed E-state index contributed by atoms with van der Waals surface area (Å²) in [6.45, 7) is 7.61. The van der Waals surface area contributed by atoms with Crippen molar-refractivity contribution in [2.24, 2.45) is 16.8 Å². The molecule has 0 radical (unpaired) electrons. The summed E-state index contributed by atoms with van der Waals surface area (Å²) in [5.74, 6) is 2.17. The molecular formula is C17H33N5O. The topological polar surface area (TPSA) is 68.8 Å². The molecule has 0 aromatic rings. The molecule has 132 valence electrons. The molecule has 2 aliphatic rings. The number of carbonyl (C=O) groups excluding carboxylic acids is 1. The van der Waals surface area contributed by atoms with Crippen molar-refractivity contribution >= 4 is 11.9 Å². The lowest BCUT2D eigenvalue weighted by Gasteiger charge is -2.28. The minimum absolute atomic E-state index is 0.205. The minimum Gasteiger partial charge on any atom is -0.357 e. The average molecular weight is 323 g/mol. The molecule has 0 atom stereocenters. The van der Waals surface area contributed by atoms with Gasteiger partial charge >= 0.3 is 0 Å². The molecule has 1 amide bonds. The lowest BCUT2D eigenvalue weighted by molar-refractivity contribution is -0.122. The maximum absolute atomic E-state index is 11.6. The second kappa shape index (κ2) is 9.75. The van der Waals surface area contributed by atoms with Gasteiger partial charge < -0.3 is 20.9 Å². The first kappa shape index (κ1) is 18.0. The molecule has 0 bridgehead atoms. The van der Waals surface area contributed by atoms with E-state index in [0.29, 0.717) is 6.54 Å². The van der Waals surface area contributed by atoms with Gasteiger partial charge in [0.2, 0.25) is 5.91 Å². The molecule has 6 heteroatoms. The normalized spacial score (nSPS) is 20.3. The van der Waals surface area contributed by atoms with E-state index in [4.69, 9.17) is 0 Å². The van der Waals surface area contributed by atoms with E-state index in [-0.39, 0.29) is 11.8 Å². The molecule has 1 heterocycles. The summed E-state index contributed by atoms with van der Waals surface area (Å²) in [4.78, 5) is 18.6. The summed E-state index contributed by atoms with van der Waals surface area (Å²) in [5, 5.41) is 9.53. The number of hydrogen-bond acceptors (Lipinski definition) is 3. The van der Waals surface area contributed by atoms with Crippen LogP contribution in [0.25, 0.3) is 0 Å². The van der Waals surface area contributed by atoms with E-state index in [9.17, 15) is 4.79 Å². The van der Waals surface area contributed by atoms with Gasteiger partial charge in [-0.1, -0.05) is 0 Å². The van der Waals surface area contributed by atoms with E-state index in [1.54, 1.807) is 0 Å². The first-order chi connectivity index (χ1) is 11.2. The summed E-state index contributed by atoms with van der Waals surface area (Å²) < 4.78 is 0. The number of carbonyl (C=O) groups is 1. The maximum Gasteiger partial charge on any atom is 0.223 e. The molecule has 1 saturated heterocycles. The summed E-state index contributed by atoms with van der Waals surface area (Å²) in [6, 6.07) is 0. The van der Waals surface area contributed by atoms with Crippen LogP contribution in [0.5, 0.6) is 0 Å². The third-order valence-corrected chi connectivity index (χ3v) is 4.65. The fourth-order valence-electron chi connectivity index (χ4n) is 2.91. The quantitative estimate of drug-likeness (QED) is 0.351. The lowest BCUT2D eigenvalue weighted by atomic mass is 9.94. The van der Waals surface area contributed by atoms with Gasteiger partial charge in [0, 0.05) is 32.1 Å². The number of aliphatic imine (C=N–C) groups is 1. The Morgan fingerprint density at radius 3 is 2.43 bits per heavy atom. The van der Waals surface area contributed by atoms with Gasteiger partial charge in [-0.3, -0.25) is 9.79 Å². The largest absolute Gasteiger partial charge is 0.357 e. The van der Waals surface area contributed by atoms with Crippen LogP contribution in [0.4, 0.5) is 0 Å². The van der Waals surface area contributed by atoms with Crippen LogP contribution in [0.2, 0.25) is 0 Å². The monoisotopic (exact) mass is 323 g/mol. The molecule has 3 N–H and O–H groups in total. The van der Waals surface area contributed by atoms with Crippen molar-refractivity contribution in [3.8, 4) is 0 Å². The number of amides is 1. The fourth-order valence-corrected chi connectivity index (χ4v) is 2.91. The molecule has 23 heavy (non-hydrogen) atoms. The molecule has 0 spiro atoms. The van der Waals surface area contributed by atoms with E-state index in [0.717, 1.165) is 44.4 Å². The Kier molecular flexibility index (Phi) is 7.65. The molecular weight excluding hydrogens is 290 g/mol. The maximum atomic E-state index is 11.6. The summed E-state index contributed by atoms with van der Waals surface area (Å²) in [5.41, 5.74) is 0. The van der Waals surface area contributed by atoms with Crippen LogP contribution in [0.15, 0.2) is 4.99 Å². The van der Waals surface area contributed by atoms with Crippen molar-refractivity contribution in [1.29, 1.82) is 0 Å². The van der Waals surface area contributed by atoms with Crippen LogP contribution in [0, 0.1) is 11.8 Å². The predicted molar refractivity (Wildman–Crippen MR) is 94.6 cm³/mol. The van der Waals surface area contributed by atoms with Gasteiger partial charge in [-0.05, 0) is 65.1 Å². The van der Waals surface area contributed by atoms with E-state index in [1.807, 2.05) is 0 Å². The van der Waals surface area contributed by atoms with Gasteiger partial charge in [0.25, 0.3) is 0 Å². The van der Waals surface area contributed by atoms with Gasteiger partial charge in [-0.2, -0.15) is 0 Å². The summed E-state index contributed by atoms with van der Waals surface area (Å²) >= 11 is 0. The van der Waals surface area contributed by atoms with Gasteiger partial charge in [-0.15, -0.1) is 0 Å². The van der Waals surface area contributed by atoms with E-state index >= 15 is 0 Å². The lowest BCUT2D eigenvalue weighted by Crippen LogP contribution is -2.42. The highest BCUT2D eigenvalue weighted by Crippen LogP contribution is 2.28. The van der Waals surface area contributed by atoms with E-state index < -0.39 is 0 Å². The Balaban J connectivity index is 1.60. The molecule has 2 fully saturated rings. The van der Waals surface area contributed by atoms with Crippen molar-refractivity contribution in [2.45, 2.75) is 39.0 Å². The van der Waals surface area contributed by atoms with Crippen LogP contribution >= 0.6 is 0 Å². The first-order valence-corrected chi connectivity index (χ1v) is 9.17. The molecule has 0 unspecified atom stereocenters. The molecule has 0 aromatic carbocycles. The zero-order valence-corrected chi connectivity index (χ0v) is 14.7. The number of rotatable bonds is 8. The van der Waals surface area contributed by atoms with Crippen molar-refractivity contribution in [1.82, 2.24) is 20.9 Å². The van der Waals surface area contributed by atoms with Crippen LogP contribution < -0.4 is 16.0 Å². The minimum atomic E-state index is 0.205. The van der Waals surface area contributed by atoms with Crippen molar-refractivity contribution < 1.29 is 4.79 Å². The summed E-state index contributed by atoms with van der Waals surface area (Å²) in [7, 11) is 2.20. The summed E-state index contributed by atoms with van der Waals surface area (Å²) in [6.07, 6.45) is 5.87.